The molecule has 0 aliphatic rings. The molecule has 124 valence electrons. The Labute approximate surface area is 145 Å². The van der Waals surface area contributed by atoms with Crippen LogP contribution in [0.15, 0.2) is 34.7 Å². The quantitative estimate of drug-likeness (QED) is 0.736. The molecule has 0 aliphatic carbocycles. The van der Waals surface area contributed by atoms with E-state index in [2.05, 4.69) is 22.4 Å². The third-order valence-corrected chi connectivity index (χ3v) is 5.51. The van der Waals surface area contributed by atoms with Crippen LogP contribution in [0, 0.1) is 0 Å². The van der Waals surface area contributed by atoms with Gasteiger partial charge in [0.1, 0.15) is 0 Å². The molecule has 1 atom stereocenters. The van der Waals surface area contributed by atoms with Crippen molar-refractivity contribution in [3.05, 3.63) is 35.9 Å². The van der Waals surface area contributed by atoms with E-state index in [-0.39, 0.29) is 11.9 Å². The number of nitrogens with zero attached hydrogens (tertiary/aromatic N) is 3. The Bertz CT molecular complexity index is 618. The van der Waals surface area contributed by atoms with Gasteiger partial charge in [0.25, 0.3) is 0 Å². The predicted molar refractivity (Wildman–Crippen MR) is 97.0 cm³/mol. The van der Waals surface area contributed by atoms with Crippen molar-refractivity contribution in [3.8, 4) is 0 Å². The minimum atomic E-state index is 0.0560. The predicted octanol–water partition coefficient (Wildman–Crippen LogP) is 3.67. The van der Waals surface area contributed by atoms with Crippen molar-refractivity contribution in [2.24, 2.45) is 0 Å². The number of aromatic nitrogens is 2. The summed E-state index contributed by atoms with van der Waals surface area (Å²) in [5.41, 5.74) is 1.13. The number of nitrogens with one attached hydrogen (secondary N) is 1. The van der Waals surface area contributed by atoms with Gasteiger partial charge < -0.3 is 10.2 Å². The van der Waals surface area contributed by atoms with E-state index < -0.39 is 0 Å². The van der Waals surface area contributed by atoms with Crippen LogP contribution >= 0.6 is 23.1 Å². The van der Waals surface area contributed by atoms with Crippen LogP contribution in [0.4, 0.5) is 5.13 Å². The zero-order valence-electron chi connectivity index (χ0n) is 13.7. The largest absolute Gasteiger partial charge is 0.360 e. The minimum Gasteiger partial charge on any atom is -0.360 e. The van der Waals surface area contributed by atoms with Gasteiger partial charge in [-0.2, -0.15) is 0 Å². The van der Waals surface area contributed by atoms with Gasteiger partial charge in [-0.25, -0.2) is 0 Å². The Morgan fingerprint density at radius 2 is 2.09 bits per heavy atom. The molecule has 0 aliphatic heterocycles. The molecule has 1 aromatic carbocycles. The normalized spacial score (nSPS) is 12.0. The van der Waals surface area contributed by atoms with Gasteiger partial charge in [0, 0.05) is 13.6 Å². The molecule has 0 radical (unpaired) electrons. The zero-order chi connectivity index (χ0) is 16.7. The van der Waals surface area contributed by atoms with E-state index >= 15 is 0 Å². The van der Waals surface area contributed by atoms with E-state index in [4.69, 9.17) is 0 Å². The number of benzene rings is 1. The van der Waals surface area contributed by atoms with Gasteiger partial charge in [-0.15, -0.1) is 10.2 Å². The van der Waals surface area contributed by atoms with Crippen LogP contribution in [0.5, 0.6) is 0 Å². The van der Waals surface area contributed by atoms with E-state index in [1.165, 1.54) is 23.1 Å². The molecule has 0 spiro atoms. The lowest BCUT2D eigenvalue weighted by atomic mass is 10.1. The van der Waals surface area contributed by atoms with E-state index in [1.807, 2.05) is 44.3 Å². The highest BCUT2D eigenvalue weighted by atomic mass is 32.2. The first-order valence-electron chi connectivity index (χ1n) is 7.62. The molecule has 0 saturated heterocycles. The van der Waals surface area contributed by atoms with Crippen molar-refractivity contribution >= 4 is 34.1 Å². The highest BCUT2D eigenvalue weighted by molar-refractivity contribution is 8.01. The Balaban J connectivity index is 1.85. The van der Waals surface area contributed by atoms with E-state index in [0.717, 1.165) is 28.0 Å². The Hall–Kier alpha value is -1.60. The maximum absolute atomic E-state index is 12.4. The average molecular weight is 351 g/mol. The first-order valence-corrected chi connectivity index (χ1v) is 9.42. The number of rotatable bonds is 8. The van der Waals surface area contributed by atoms with Gasteiger partial charge in [-0.1, -0.05) is 60.4 Å². The lowest BCUT2D eigenvalue weighted by Crippen LogP contribution is -2.31. The van der Waals surface area contributed by atoms with Gasteiger partial charge in [0.15, 0.2) is 4.34 Å². The van der Waals surface area contributed by atoms with Crippen molar-refractivity contribution in [1.82, 2.24) is 15.1 Å². The molecule has 5 nitrogen and oxygen atoms in total. The number of carbonyl (C=O) groups excluding carboxylic acids is 1. The van der Waals surface area contributed by atoms with Gasteiger partial charge >= 0.3 is 0 Å². The standard InChI is InChI=1S/C16H22N4OS2/c1-4-10-17-15-18-19-16(23-15)22-11-14(21)20(3)12(2)13-8-6-5-7-9-13/h5-9,12H,4,10-11H2,1-3H3,(H,17,18). The lowest BCUT2D eigenvalue weighted by molar-refractivity contribution is -0.128. The highest BCUT2D eigenvalue weighted by Crippen LogP contribution is 2.26. The average Bonchev–Trinajstić information content (AvgIpc) is 3.05. The summed E-state index contributed by atoms with van der Waals surface area (Å²) in [7, 11) is 1.84. The van der Waals surface area contributed by atoms with E-state index in [9.17, 15) is 4.79 Å². The second kappa shape index (κ2) is 8.88. The molecule has 0 saturated carbocycles. The van der Waals surface area contributed by atoms with Gasteiger partial charge in [0.2, 0.25) is 11.0 Å². The summed E-state index contributed by atoms with van der Waals surface area (Å²) in [5, 5.41) is 12.2. The number of hydrogen-bond acceptors (Lipinski definition) is 6. The fourth-order valence-corrected chi connectivity index (χ4v) is 3.67. The van der Waals surface area contributed by atoms with Gasteiger partial charge in [-0.05, 0) is 18.9 Å². The second-order valence-corrected chi connectivity index (χ2v) is 7.38. The van der Waals surface area contributed by atoms with E-state index in [1.54, 1.807) is 4.90 Å². The van der Waals surface area contributed by atoms with Crippen molar-refractivity contribution < 1.29 is 4.79 Å². The summed E-state index contributed by atoms with van der Waals surface area (Å²) >= 11 is 2.93. The number of amides is 1. The van der Waals surface area contributed by atoms with E-state index in [0.29, 0.717) is 5.75 Å². The van der Waals surface area contributed by atoms with Crippen molar-refractivity contribution in [2.75, 3.05) is 24.7 Å². The molecule has 2 aromatic rings. The summed E-state index contributed by atoms with van der Waals surface area (Å²) in [6.45, 7) is 5.03. The monoisotopic (exact) mass is 350 g/mol. The van der Waals surface area contributed by atoms with Gasteiger partial charge in [-0.3, -0.25) is 4.79 Å². The third-order valence-electron chi connectivity index (χ3n) is 3.51. The van der Waals surface area contributed by atoms with Crippen molar-refractivity contribution in [3.63, 3.8) is 0 Å². The molecule has 23 heavy (non-hydrogen) atoms. The maximum atomic E-state index is 12.4. The third kappa shape index (κ3) is 5.21. The molecule has 1 amide bonds. The topological polar surface area (TPSA) is 58.1 Å². The van der Waals surface area contributed by atoms with Crippen LogP contribution in [-0.4, -0.2) is 40.3 Å². The molecule has 1 unspecified atom stereocenters. The van der Waals surface area contributed by atoms with Crippen LogP contribution in [0.3, 0.4) is 0 Å². The Morgan fingerprint density at radius 3 is 2.78 bits per heavy atom. The molecule has 0 bridgehead atoms. The fraction of sp³-hybridized carbons (Fsp3) is 0.438. The van der Waals surface area contributed by atoms with Crippen LogP contribution < -0.4 is 5.32 Å². The Kier molecular flexibility index (Phi) is 6.85. The molecule has 2 rings (SSSR count). The van der Waals surface area contributed by atoms with Crippen LogP contribution in [0.1, 0.15) is 31.9 Å². The first-order chi connectivity index (χ1) is 11.1. The molecular formula is C16H22N4OS2. The molecule has 1 aromatic heterocycles. The minimum absolute atomic E-state index is 0.0560. The van der Waals surface area contributed by atoms with Crippen LogP contribution in [0.25, 0.3) is 0 Å². The molecule has 1 heterocycles. The summed E-state index contributed by atoms with van der Waals surface area (Å²) < 4.78 is 0.817. The first kappa shape index (κ1) is 17.7. The van der Waals surface area contributed by atoms with Crippen LogP contribution in [-0.2, 0) is 4.79 Å². The molecule has 1 N–H and O–H groups in total. The molecule has 7 heteroatoms. The SMILES string of the molecule is CCCNc1nnc(SCC(=O)N(C)C(C)c2ccccc2)s1. The Morgan fingerprint density at radius 1 is 1.35 bits per heavy atom. The summed E-state index contributed by atoms with van der Waals surface area (Å²) in [4.78, 5) is 14.1. The van der Waals surface area contributed by atoms with Crippen LogP contribution in [0.2, 0.25) is 0 Å². The number of anilines is 1. The number of hydrogen-bond donors (Lipinski definition) is 1. The highest BCUT2D eigenvalue weighted by Gasteiger charge is 2.18. The zero-order valence-corrected chi connectivity index (χ0v) is 15.3. The molecule has 0 fully saturated rings. The smallest absolute Gasteiger partial charge is 0.233 e. The number of thioether (sulfide) groups is 1. The summed E-state index contributed by atoms with van der Waals surface area (Å²) in [5.74, 6) is 0.459. The second-order valence-electron chi connectivity index (χ2n) is 5.18. The van der Waals surface area contributed by atoms with Crippen molar-refractivity contribution in [1.29, 1.82) is 0 Å². The summed E-state index contributed by atoms with van der Waals surface area (Å²) in [6.07, 6.45) is 1.04. The molecular weight excluding hydrogens is 328 g/mol. The fourth-order valence-electron chi connectivity index (χ4n) is 1.97. The van der Waals surface area contributed by atoms with Gasteiger partial charge in [0.05, 0.1) is 11.8 Å². The van der Waals surface area contributed by atoms with Crippen molar-refractivity contribution in [2.45, 2.75) is 30.6 Å². The maximum Gasteiger partial charge on any atom is 0.233 e. The summed E-state index contributed by atoms with van der Waals surface area (Å²) in [6, 6.07) is 10.1. The number of carbonyl (C=O) groups is 1. The lowest BCUT2D eigenvalue weighted by Gasteiger charge is -2.25.